The first-order chi connectivity index (χ1) is 4.13. The van der Waals surface area contributed by atoms with Crippen molar-refractivity contribution < 1.29 is 0 Å². The Labute approximate surface area is 66.2 Å². The summed E-state index contributed by atoms with van der Waals surface area (Å²) in [6.07, 6.45) is 5.60. The van der Waals surface area contributed by atoms with Gasteiger partial charge in [-0.25, -0.2) is 0 Å². The van der Waals surface area contributed by atoms with Crippen molar-refractivity contribution >= 4 is 15.9 Å². The molecule has 0 bridgehead atoms. The average molecular weight is 191 g/mol. The Morgan fingerprint density at radius 2 is 2.11 bits per heavy atom. The van der Waals surface area contributed by atoms with Crippen molar-refractivity contribution in [2.24, 2.45) is 5.92 Å². The summed E-state index contributed by atoms with van der Waals surface area (Å²) >= 11 is 3.76. The van der Waals surface area contributed by atoms with Crippen molar-refractivity contribution in [2.45, 2.75) is 43.9 Å². The Balaban J connectivity index is 2.49. The molecule has 0 spiro atoms. The van der Waals surface area contributed by atoms with Gasteiger partial charge in [0.25, 0.3) is 0 Å². The molecule has 0 aliphatic heterocycles. The van der Waals surface area contributed by atoms with Gasteiger partial charge in [-0.1, -0.05) is 35.7 Å². The molecule has 1 aliphatic carbocycles. The lowest BCUT2D eigenvalue weighted by atomic mass is 9.82. The van der Waals surface area contributed by atoms with E-state index in [1.165, 1.54) is 25.7 Å². The van der Waals surface area contributed by atoms with E-state index < -0.39 is 0 Å². The van der Waals surface area contributed by atoms with Crippen molar-refractivity contribution in [3.63, 3.8) is 0 Å². The molecule has 0 saturated heterocycles. The molecule has 9 heavy (non-hydrogen) atoms. The summed E-state index contributed by atoms with van der Waals surface area (Å²) in [4.78, 5) is 0. The Hall–Kier alpha value is 0.480. The summed E-state index contributed by atoms with van der Waals surface area (Å²) in [7, 11) is 0. The summed E-state index contributed by atoms with van der Waals surface area (Å²) in [5.41, 5.74) is 0. The Morgan fingerprint density at radius 3 is 2.44 bits per heavy atom. The van der Waals surface area contributed by atoms with Gasteiger partial charge in [0, 0.05) is 4.32 Å². The number of alkyl halides is 1. The second-order valence-corrected chi connectivity index (χ2v) is 5.24. The Bertz CT molecular complexity index is 96.7. The fourth-order valence-electron chi connectivity index (χ4n) is 1.47. The van der Waals surface area contributed by atoms with Crippen molar-refractivity contribution in [3.05, 3.63) is 0 Å². The third-order valence-electron chi connectivity index (χ3n) is 2.58. The molecule has 2 atom stereocenters. The Morgan fingerprint density at radius 1 is 1.44 bits per heavy atom. The zero-order valence-corrected chi connectivity index (χ0v) is 7.87. The molecule has 1 saturated carbocycles. The van der Waals surface area contributed by atoms with Crippen LogP contribution in [0.2, 0.25) is 0 Å². The van der Waals surface area contributed by atoms with Crippen molar-refractivity contribution in [3.8, 4) is 0 Å². The molecular formula is C8H15Br. The standard InChI is InChI=1S/C8H15Br/c1-7-5-3-4-6-8(7,2)9/h7H,3-6H2,1-2H3/t7-,8+/m0/s1. The van der Waals surface area contributed by atoms with Gasteiger partial charge in [-0.3, -0.25) is 0 Å². The van der Waals surface area contributed by atoms with Crippen LogP contribution in [0.25, 0.3) is 0 Å². The number of hydrogen-bond acceptors (Lipinski definition) is 0. The number of rotatable bonds is 0. The smallest absolute Gasteiger partial charge is 0.0255 e. The first-order valence-electron chi connectivity index (χ1n) is 3.82. The van der Waals surface area contributed by atoms with Gasteiger partial charge in [0.05, 0.1) is 0 Å². The van der Waals surface area contributed by atoms with Gasteiger partial charge < -0.3 is 0 Å². The molecule has 0 nitrogen and oxygen atoms in total. The normalized spacial score (nSPS) is 45.0. The van der Waals surface area contributed by atoms with Crippen LogP contribution in [-0.4, -0.2) is 4.32 Å². The SMILES string of the molecule is C[C@H]1CCCC[C@@]1(C)Br. The van der Waals surface area contributed by atoms with Crippen molar-refractivity contribution in [2.75, 3.05) is 0 Å². The van der Waals surface area contributed by atoms with Crippen molar-refractivity contribution in [1.29, 1.82) is 0 Å². The maximum Gasteiger partial charge on any atom is 0.0255 e. The molecule has 1 heteroatoms. The van der Waals surface area contributed by atoms with Crippen LogP contribution in [0.3, 0.4) is 0 Å². The van der Waals surface area contributed by atoms with E-state index in [-0.39, 0.29) is 0 Å². The topological polar surface area (TPSA) is 0 Å². The highest BCUT2D eigenvalue weighted by Crippen LogP contribution is 2.39. The van der Waals surface area contributed by atoms with E-state index in [4.69, 9.17) is 0 Å². The van der Waals surface area contributed by atoms with Gasteiger partial charge in [-0.05, 0) is 25.7 Å². The van der Waals surface area contributed by atoms with Gasteiger partial charge in [0.2, 0.25) is 0 Å². The molecule has 0 aromatic rings. The maximum atomic E-state index is 3.76. The predicted molar refractivity (Wildman–Crippen MR) is 45.0 cm³/mol. The minimum absolute atomic E-state index is 0.450. The monoisotopic (exact) mass is 190 g/mol. The molecule has 0 unspecified atom stereocenters. The molecule has 0 heterocycles. The van der Waals surface area contributed by atoms with E-state index in [9.17, 15) is 0 Å². The summed E-state index contributed by atoms with van der Waals surface area (Å²) in [6, 6.07) is 0. The number of halogens is 1. The molecular weight excluding hydrogens is 176 g/mol. The zero-order chi connectivity index (χ0) is 6.91. The summed E-state index contributed by atoms with van der Waals surface area (Å²) in [5.74, 6) is 0.867. The molecule has 0 N–H and O–H groups in total. The molecule has 0 aromatic heterocycles. The minimum atomic E-state index is 0.450. The van der Waals surface area contributed by atoms with Gasteiger partial charge >= 0.3 is 0 Å². The fourth-order valence-corrected chi connectivity index (χ4v) is 1.98. The third-order valence-corrected chi connectivity index (χ3v) is 3.76. The lowest BCUT2D eigenvalue weighted by molar-refractivity contribution is 0.319. The van der Waals surface area contributed by atoms with Crippen LogP contribution in [-0.2, 0) is 0 Å². The molecule has 1 fully saturated rings. The van der Waals surface area contributed by atoms with Crippen LogP contribution in [0.5, 0.6) is 0 Å². The minimum Gasteiger partial charge on any atom is -0.0853 e. The molecule has 1 aliphatic rings. The quantitative estimate of drug-likeness (QED) is 0.515. The van der Waals surface area contributed by atoms with E-state index in [1.54, 1.807) is 0 Å². The van der Waals surface area contributed by atoms with Crippen LogP contribution >= 0.6 is 15.9 Å². The molecule has 0 amide bonds. The van der Waals surface area contributed by atoms with Crippen LogP contribution in [0.4, 0.5) is 0 Å². The fraction of sp³-hybridized carbons (Fsp3) is 1.00. The van der Waals surface area contributed by atoms with Crippen molar-refractivity contribution in [1.82, 2.24) is 0 Å². The number of hydrogen-bond donors (Lipinski definition) is 0. The van der Waals surface area contributed by atoms with E-state index in [1.807, 2.05) is 0 Å². The highest BCUT2D eigenvalue weighted by atomic mass is 79.9. The van der Waals surface area contributed by atoms with Gasteiger partial charge in [0.15, 0.2) is 0 Å². The predicted octanol–water partition coefficient (Wildman–Crippen LogP) is 3.35. The van der Waals surface area contributed by atoms with E-state index in [0.717, 1.165) is 5.92 Å². The first-order valence-corrected chi connectivity index (χ1v) is 4.61. The maximum absolute atomic E-state index is 3.76. The Kier molecular flexibility index (Phi) is 2.20. The summed E-state index contributed by atoms with van der Waals surface area (Å²) < 4.78 is 0.450. The first kappa shape index (κ1) is 7.59. The lowest BCUT2D eigenvalue weighted by Gasteiger charge is -2.34. The second-order valence-electron chi connectivity index (χ2n) is 3.42. The van der Waals surface area contributed by atoms with E-state index >= 15 is 0 Å². The van der Waals surface area contributed by atoms with Crippen LogP contribution in [0, 0.1) is 5.92 Å². The van der Waals surface area contributed by atoms with Gasteiger partial charge in [-0.15, -0.1) is 0 Å². The van der Waals surface area contributed by atoms with Gasteiger partial charge in [0.1, 0.15) is 0 Å². The third kappa shape index (κ3) is 1.70. The molecule has 0 radical (unpaired) electrons. The van der Waals surface area contributed by atoms with Crippen LogP contribution in [0.15, 0.2) is 0 Å². The lowest BCUT2D eigenvalue weighted by Crippen LogP contribution is -2.28. The highest BCUT2D eigenvalue weighted by molar-refractivity contribution is 9.10. The van der Waals surface area contributed by atoms with Crippen LogP contribution in [0.1, 0.15) is 39.5 Å². The summed E-state index contributed by atoms with van der Waals surface area (Å²) in [6.45, 7) is 4.66. The van der Waals surface area contributed by atoms with Crippen LogP contribution < -0.4 is 0 Å². The average Bonchev–Trinajstić information content (AvgIpc) is 1.77. The molecule has 0 aromatic carbocycles. The highest BCUT2D eigenvalue weighted by Gasteiger charge is 2.30. The summed E-state index contributed by atoms with van der Waals surface area (Å²) in [5, 5.41) is 0. The van der Waals surface area contributed by atoms with E-state index in [2.05, 4.69) is 29.8 Å². The largest absolute Gasteiger partial charge is 0.0853 e. The molecule has 1 rings (SSSR count). The van der Waals surface area contributed by atoms with Gasteiger partial charge in [-0.2, -0.15) is 0 Å². The van der Waals surface area contributed by atoms with E-state index in [0.29, 0.717) is 4.32 Å². The zero-order valence-electron chi connectivity index (χ0n) is 6.28. The second kappa shape index (κ2) is 2.61. The molecule has 54 valence electrons.